The molecular weight excluding hydrogens is 376 g/mol. The van der Waals surface area contributed by atoms with Crippen LogP contribution in [0.25, 0.3) is 0 Å². The average molecular weight is 396 g/mol. The van der Waals surface area contributed by atoms with E-state index < -0.39 is 35.8 Å². The Morgan fingerprint density at radius 2 is 1.38 bits per heavy atom. The van der Waals surface area contributed by atoms with Gasteiger partial charge in [0, 0.05) is 25.8 Å². The van der Waals surface area contributed by atoms with Gasteiger partial charge in [-0.05, 0) is 11.1 Å². The van der Waals surface area contributed by atoms with E-state index in [2.05, 4.69) is 0 Å². The lowest BCUT2D eigenvalue weighted by atomic mass is 9.84. The number of rotatable bonds is 6. The minimum Gasteiger partial charge on any atom is -0.465 e. The Labute approximate surface area is 167 Å². The zero-order valence-electron chi connectivity index (χ0n) is 15.7. The quantitative estimate of drug-likeness (QED) is 0.752. The maximum Gasteiger partial charge on any atom is 0.407 e. The van der Waals surface area contributed by atoms with Crippen molar-refractivity contribution in [2.45, 2.75) is 24.8 Å². The lowest BCUT2D eigenvalue weighted by Gasteiger charge is -2.32. The zero-order valence-corrected chi connectivity index (χ0v) is 15.7. The van der Waals surface area contributed by atoms with Crippen molar-refractivity contribution in [3.05, 3.63) is 71.8 Å². The fourth-order valence-electron chi connectivity index (χ4n) is 3.32. The van der Waals surface area contributed by atoms with Crippen LogP contribution in [0.4, 0.5) is 4.79 Å². The van der Waals surface area contributed by atoms with Gasteiger partial charge in [0.05, 0.1) is 0 Å². The Bertz CT molecular complexity index is 860. The minimum absolute atomic E-state index is 0.0493. The maximum absolute atomic E-state index is 13.1. The summed E-state index contributed by atoms with van der Waals surface area (Å²) in [6.45, 7) is 0. The highest BCUT2D eigenvalue weighted by Crippen LogP contribution is 2.32. The molecule has 0 saturated carbocycles. The van der Waals surface area contributed by atoms with E-state index in [0.717, 1.165) is 4.90 Å². The molecule has 1 fully saturated rings. The van der Waals surface area contributed by atoms with E-state index in [4.69, 9.17) is 4.84 Å². The highest BCUT2D eigenvalue weighted by Gasteiger charge is 2.41. The molecule has 1 saturated heterocycles. The summed E-state index contributed by atoms with van der Waals surface area (Å²) < 4.78 is 0. The molecule has 29 heavy (non-hydrogen) atoms. The molecule has 0 radical (unpaired) electrons. The van der Waals surface area contributed by atoms with Gasteiger partial charge in [0.15, 0.2) is 0 Å². The topological polar surface area (TPSA) is 104 Å². The third-order valence-corrected chi connectivity index (χ3v) is 4.78. The Balaban J connectivity index is 2.04. The van der Waals surface area contributed by atoms with Gasteiger partial charge in [-0.3, -0.25) is 14.5 Å². The molecule has 0 unspecified atom stereocenters. The fraction of sp³-hybridized carbons (Fsp3) is 0.238. The van der Waals surface area contributed by atoms with Crippen LogP contribution in [-0.2, 0) is 19.2 Å². The normalized spacial score (nSPS) is 14.8. The summed E-state index contributed by atoms with van der Waals surface area (Å²) in [5.74, 6) is -2.97. The van der Waals surface area contributed by atoms with Crippen molar-refractivity contribution in [3.8, 4) is 0 Å². The van der Waals surface area contributed by atoms with Crippen molar-refractivity contribution in [2.75, 3.05) is 7.05 Å². The first-order valence-corrected chi connectivity index (χ1v) is 9.03. The molecule has 0 aliphatic carbocycles. The summed E-state index contributed by atoms with van der Waals surface area (Å²) in [6.07, 6.45) is -1.44. The van der Waals surface area contributed by atoms with E-state index >= 15 is 0 Å². The average Bonchev–Trinajstić information content (AvgIpc) is 3.04. The number of likely N-dealkylation sites (N-methyl/N-ethyl adjacent to an activating group) is 1. The molecule has 1 atom stereocenters. The SMILES string of the molecule is CN(C(=O)O)[C@H](C(=O)ON1C(=O)CCC1=O)C(c1ccccc1)c1ccccc1. The molecule has 0 aromatic heterocycles. The highest BCUT2D eigenvalue weighted by molar-refractivity contribution is 6.02. The first-order chi connectivity index (χ1) is 13.9. The van der Waals surface area contributed by atoms with Crippen LogP contribution in [0.3, 0.4) is 0 Å². The number of carbonyl (C=O) groups excluding carboxylic acids is 3. The van der Waals surface area contributed by atoms with Gasteiger partial charge in [-0.25, -0.2) is 9.59 Å². The molecule has 3 rings (SSSR count). The number of imide groups is 1. The van der Waals surface area contributed by atoms with Crippen LogP contribution in [0.15, 0.2) is 60.7 Å². The van der Waals surface area contributed by atoms with Crippen LogP contribution in [0.1, 0.15) is 29.9 Å². The van der Waals surface area contributed by atoms with Crippen LogP contribution in [0, 0.1) is 0 Å². The number of hydrogen-bond acceptors (Lipinski definition) is 5. The minimum atomic E-state index is -1.34. The smallest absolute Gasteiger partial charge is 0.407 e. The summed E-state index contributed by atoms with van der Waals surface area (Å²) in [6, 6.07) is 16.5. The van der Waals surface area contributed by atoms with Gasteiger partial charge in [0.1, 0.15) is 6.04 Å². The molecule has 0 spiro atoms. The van der Waals surface area contributed by atoms with E-state index in [9.17, 15) is 24.3 Å². The highest BCUT2D eigenvalue weighted by atomic mass is 16.7. The fourth-order valence-corrected chi connectivity index (χ4v) is 3.32. The monoisotopic (exact) mass is 396 g/mol. The lowest BCUT2D eigenvalue weighted by molar-refractivity contribution is -0.200. The summed E-state index contributed by atoms with van der Waals surface area (Å²) in [4.78, 5) is 54.4. The molecule has 2 aromatic carbocycles. The number of carboxylic acid groups (broad SMARTS) is 1. The largest absolute Gasteiger partial charge is 0.465 e. The predicted molar refractivity (Wildman–Crippen MR) is 101 cm³/mol. The predicted octanol–water partition coefficient (Wildman–Crippen LogP) is 2.40. The summed E-state index contributed by atoms with van der Waals surface area (Å²) >= 11 is 0. The number of benzene rings is 2. The summed E-state index contributed by atoms with van der Waals surface area (Å²) in [5, 5.41) is 10.0. The Hall–Kier alpha value is -3.68. The molecule has 1 aliphatic rings. The molecule has 1 N–H and O–H groups in total. The van der Waals surface area contributed by atoms with Crippen molar-refractivity contribution >= 4 is 23.9 Å². The van der Waals surface area contributed by atoms with Gasteiger partial charge >= 0.3 is 12.1 Å². The Kier molecular flexibility index (Phi) is 5.92. The first kappa shape index (κ1) is 20.1. The van der Waals surface area contributed by atoms with Crippen LogP contribution in [0.2, 0.25) is 0 Å². The standard InChI is InChI=1S/C21H20N2O6/c1-22(21(27)28)19(20(26)29-23-16(24)12-13-17(23)25)18(14-8-4-2-5-9-14)15-10-6-3-7-11-15/h2-11,18-19H,12-13H2,1H3,(H,27,28)/t19-/m0/s1. The van der Waals surface area contributed by atoms with Crippen LogP contribution in [0.5, 0.6) is 0 Å². The summed E-state index contributed by atoms with van der Waals surface area (Å²) in [7, 11) is 1.25. The second-order valence-corrected chi connectivity index (χ2v) is 6.63. The van der Waals surface area contributed by atoms with Gasteiger partial charge in [-0.15, -0.1) is 5.06 Å². The van der Waals surface area contributed by atoms with Crippen LogP contribution < -0.4 is 0 Å². The molecule has 2 aromatic rings. The second kappa shape index (κ2) is 8.55. The third-order valence-electron chi connectivity index (χ3n) is 4.78. The zero-order chi connectivity index (χ0) is 21.0. The van der Waals surface area contributed by atoms with Crippen molar-refractivity contribution < 1.29 is 29.1 Å². The molecule has 150 valence electrons. The van der Waals surface area contributed by atoms with Crippen molar-refractivity contribution in [2.24, 2.45) is 0 Å². The van der Waals surface area contributed by atoms with Crippen molar-refractivity contribution in [1.29, 1.82) is 0 Å². The lowest BCUT2D eigenvalue weighted by Crippen LogP contribution is -2.49. The van der Waals surface area contributed by atoms with Gasteiger partial charge in [-0.1, -0.05) is 60.7 Å². The first-order valence-electron chi connectivity index (χ1n) is 9.03. The van der Waals surface area contributed by atoms with Crippen molar-refractivity contribution in [1.82, 2.24) is 9.96 Å². The molecule has 1 aliphatic heterocycles. The number of hydroxylamine groups is 2. The number of carbonyl (C=O) groups is 4. The van der Waals surface area contributed by atoms with Gasteiger partial charge < -0.3 is 9.94 Å². The number of nitrogens with zero attached hydrogens (tertiary/aromatic N) is 2. The van der Waals surface area contributed by atoms with E-state index in [1.807, 2.05) is 0 Å². The molecule has 8 heteroatoms. The Morgan fingerprint density at radius 1 is 0.931 bits per heavy atom. The van der Waals surface area contributed by atoms with Crippen molar-refractivity contribution in [3.63, 3.8) is 0 Å². The van der Waals surface area contributed by atoms with E-state index in [1.54, 1.807) is 60.7 Å². The van der Waals surface area contributed by atoms with E-state index in [1.165, 1.54) is 7.05 Å². The van der Waals surface area contributed by atoms with E-state index in [0.29, 0.717) is 16.2 Å². The molecule has 3 amide bonds. The maximum atomic E-state index is 13.1. The van der Waals surface area contributed by atoms with Gasteiger partial charge in [0.2, 0.25) is 0 Å². The summed E-state index contributed by atoms with van der Waals surface area (Å²) in [5.41, 5.74) is 1.38. The molecular formula is C21H20N2O6. The third kappa shape index (κ3) is 4.26. The van der Waals surface area contributed by atoms with E-state index in [-0.39, 0.29) is 12.8 Å². The number of amides is 3. The number of hydrogen-bond donors (Lipinski definition) is 1. The molecule has 8 nitrogen and oxygen atoms in total. The molecule has 0 bridgehead atoms. The molecule has 1 heterocycles. The van der Waals surface area contributed by atoms with Gasteiger partial charge in [0.25, 0.3) is 11.8 Å². The van der Waals surface area contributed by atoms with Gasteiger partial charge in [-0.2, -0.15) is 0 Å². The van der Waals surface area contributed by atoms with Crippen LogP contribution >= 0.6 is 0 Å². The van der Waals surface area contributed by atoms with Crippen LogP contribution in [-0.4, -0.2) is 52.0 Å². The Morgan fingerprint density at radius 3 is 1.79 bits per heavy atom. The second-order valence-electron chi connectivity index (χ2n) is 6.63.